The summed E-state index contributed by atoms with van der Waals surface area (Å²) in [4.78, 5) is 5.49. The molecule has 2 heteroatoms. The number of piperazine rings is 1. The van der Waals surface area contributed by atoms with Crippen molar-refractivity contribution in [3.63, 3.8) is 0 Å². The molecule has 17 heavy (non-hydrogen) atoms. The van der Waals surface area contributed by atoms with Gasteiger partial charge in [0.15, 0.2) is 0 Å². The summed E-state index contributed by atoms with van der Waals surface area (Å²) in [6.07, 6.45) is 4.30. The summed E-state index contributed by atoms with van der Waals surface area (Å²) in [5, 5.41) is 0. The number of piperidine rings is 1. The SMILES string of the molecule is CC(C)C(C)CN1CC2CCCCN2CC1C. The molecule has 0 bridgehead atoms. The van der Waals surface area contributed by atoms with Gasteiger partial charge in [0.05, 0.1) is 0 Å². The summed E-state index contributed by atoms with van der Waals surface area (Å²) in [6, 6.07) is 1.62. The average Bonchev–Trinajstić information content (AvgIpc) is 2.29. The van der Waals surface area contributed by atoms with Crippen LogP contribution in [0.4, 0.5) is 0 Å². The zero-order chi connectivity index (χ0) is 12.4. The average molecular weight is 238 g/mol. The lowest BCUT2D eigenvalue weighted by molar-refractivity contribution is 0.00576. The minimum absolute atomic E-state index is 0.755. The normalized spacial score (nSPS) is 33.7. The maximum Gasteiger partial charge on any atom is 0.0223 e. The van der Waals surface area contributed by atoms with Crippen LogP contribution >= 0.6 is 0 Å². The van der Waals surface area contributed by atoms with Crippen LogP contribution in [0.3, 0.4) is 0 Å². The van der Waals surface area contributed by atoms with Crippen molar-refractivity contribution in [3.05, 3.63) is 0 Å². The monoisotopic (exact) mass is 238 g/mol. The fourth-order valence-corrected chi connectivity index (χ4v) is 3.25. The van der Waals surface area contributed by atoms with Gasteiger partial charge in [-0.05, 0) is 38.1 Å². The van der Waals surface area contributed by atoms with Crippen LogP contribution in [0.2, 0.25) is 0 Å². The Balaban J connectivity index is 1.90. The molecule has 0 N–H and O–H groups in total. The Hall–Kier alpha value is -0.0800. The maximum absolute atomic E-state index is 2.75. The van der Waals surface area contributed by atoms with Gasteiger partial charge in [0.2, 0.25) is 0 Å². The Morgan fingerprint density at radius 3 is 2.59 bits per heavy atom. The number of hydrogen-bond acceptors (Lipinski definition) is 2. The molecular formula is C15H30N2. The van der Waals surface area contributed by atoms with Crippen molar-refractivity contribution >= 4 is 0 Å². The first-order valence-corrected chi connectivity index (χ1v) is 7.56. The van der Waals surface area contributed by atoms with E-state index < -0.39 is 0 Å². The zero-order valence-electron chi connectivity index (χ0n) is 12.2. The molecule has 2 rings (SSSR count). The van der Waals surface area contributed by atoms with Crippen LogP contribution in [-0.2, 0) is 0 Å². The first kappa shape index (κ1) is 13.4. The lowest BCUT2D eigenvalue weighted by Gasteiger charge is -2.48. The third-order valence-electron chi connectivity index (χ3n) is 4.98. The van der Waals surface area contributed by atoms with E-state index in [1.807, 2.05) is 0 Å². The molecule has 0 radical (unpaired) electrons. The first-order valence-electron chi connectivity index (χ1n) is 7.56. The Morgan fingerprint density at radius 2 is 1.88 bits per heavy atom. The van der Waals surface area contributed by atoms with Crippen LogP contribution in [0.25, 0.3) is 0 Å². The smallest absolute Gasteiger partial charge is 0.0223 e. The Kier molecular flexibility index (Phi) is 4.48. The minimum atomic E-state index is 0.755. The minimum Gasteiger partial charge on any atom is -0.298 e. The van der Waals surface area contributed by atoms with E-state index in [0.717, 1.165) is 23.9 Å². The van der Waals surface area contributed by atoms with Gasteiger partial charge in [0, 0.05) is 31.7 Å². The lowest BCUT2D eigenvalue weighted by Crippen LogP contribution is -2.59. The fraction of sp³-hybridized carbons (Fsp3) is 1.00. The van der Waals surface area contributed by atoms with Crippen LogP contribution in [0.15, 0.2) is 0 Å². The van der Waals surface area contributed by atoms with Crippen LogP contribution in [0.1, 0.15) is 47.0 Å². The molecule has 0 aromatic carbocycles. The molecule has 0 aromatic rings. The standard InChI is InChI=1S/C15H30N2/c1-12(2)13(3)9-17-11-15-7-5-6-8-16(15)10-14(17)4/h12-15H,5-11H2,1-4H3. The third kappa shape index (κ3) is 3.23. The second kappa shape index (κ2) is 5.71. The highest BCUT2D eigenvalue weighted by atomic mass is 15.3. The summed E-state index contributed by atoms with van der Waals surface area (Å²) < 4.78 is 0. The van der Waals surface area contributed by atoms with Crippen LogP contribution in [0.5, 0.6) is 0 Å². The highest BCUT2D eigenvalue weighted by Crippen LogP contribution is 2.25. The van der Waals surface area contributed by atoms with Crippen molar-refractivity contribution < 1.29 is 0 Å². The topological polar surface area (TPSA) is 6.48 Å². The predicted octanol–water partition coefficient (Wildman–Crippen LogP) is 2.84. The van der Waals surface area contributed by atoms with Gasteiger partial charge in [-0.15, -0.1) is 0 Å². The molecule has 2 saturated heterocycles. The number of fused-ring (bicyclic) bond motifs is 1. The highest BCUT2D eigenvalue weighted by Gasteiger charge is 2.33. The quantitative estimate of drug-likeness (QED) is 0.746. The van der Waals surface area contributed by atoms with Crippen molar-refractivity contribution in [1.82, 2.24) is 9.80 Å². The van der Waals surface area contributed by atoms with Crippen molar-refractivity contribution in [3.8, 4) is 0 Å². The highest BCUT2D eigenvalue weighted by molar-refractivity contribution is 4.89. The third-order valence-corrected chi connectivity index (χ3v) is 4.98. The molecule has 2 heterocycles. The fourth-order valence-electron chi connectivity index (χ4n) is 3.25. The molecule has 0 saturated carbocycles. The van der Waals surface area contributed by atoms with E-state index in [0.29, 0.717) is 0 Å². The largest absolute Gasteiger partial charge is 0.298 e. The number of hydrogen-bond donors (Lipinski definition) is 0. The van der Waals surface area contributed by atoms with Gasteiger partial charge in [-0.25, -0.2) is 0 Å². The lowest BCUT2D eigenvalue weighted by atomic mass is 9.93. The Morgan fingerprint density at radius 1 is 1.12 bits per heavy atom. The van der Waals surface area contributed by atoms with Gasteiger partial charge < -0.3 is 0 Å². The van der Waals surface area contributed by atoms with Crippen molar-refractivity contribution in [2.45, 2.75) is 59.0 Å². The van der Waals surface area contributed by atoms with E-state index in [1.165, 1.54) is 45.4 Å². The molecule has 0 aromatic heterocycles. The van der Waals surface area contributed by atoms with E-state index in [1.54, 1.807) is 0 Å². The molecule has 3 atom stereocenters. The Labute approximate surface area is 107 Å². The summed E-state index contributed by atoms with van der Waals surface area (Å²) in [5.74, 6) is 1.64. The van der Waals surface area contributed by atoms with Crippen LogP contribution < -0.4 is 0 Å². The summed E-state index contributed by atoms with van der Waals surface area (Å²) >= 11 is 0. The molecule has 2 nitrogen and oxygen atoms in total. The number of nitrogens with zero attached hydrogens (tertiary/aromatic N) is 2. The van der Waals surface area contributed by atoms with Crippen molar-refractivity contribution in [2.24, 2.45) is 11.8 Å². The number of rotatable bonds is 3. The molecule has 2 fully saturated rings. The van der Waals surface area contributed by atoms with E-state index in [9.17, 15) is 0 Å². The molecule has 0 spiro atoms. The summed E-state index contributed by atoms with van der Waals surface area (Å²) in [5.41, 5.74) is 0. The van der Waals surface area contributed by atoms with Gasteiger partial charge in [-0.3, -0.25) is 9.80 Å². The molecule has 0 aliphatic carbocycles. The predicted molar refractivity (Wildman–Crippen MR) is 74.2 cm³/mol. The van der Waals surface area contributed by atoms with Gasteiger partial charge in [-0.1, -0.05) is 27.2 Å². The van der Waals surface area contributed by atoms with E-state index in [2.05, 4.69) is 37.5 Å². The first-order chi connectivity index (χ1) is 8.08. The van der Waals surface area contributed by atoms with Crippen molar-refractivity contribution in [1.29, 1.82) is 0 Å². The second-order valence-corrected chi connectivity index (χ2v) is 6.67. The van der Waals surface area contributed by atoms with Gasteiger partial charge in [0.1, 0.15) is 0 Å². The molecule has 3 unspecified atom stereocenters. The van der Waals surface area contributed by atoms with E-state index in [-0.39, 0.29) is 0 Å². The molecular weight excluding hydrogens is 208 g/mol. The maximum atomic E-state index is 2.75. The molecule has 2 aliphatic rings. The Bertz CT molecular complexity index is 239. The molecule has 100 valence electrons. The van der Waals surface area contributed by atoms with Crippen molar-refractivity contribution in [2.75, 3.05) is 26.2 Å². The summed E-state index contributed by atoms with van der Waals surface area (Å²) in [6.45, 7) is 14.8. The van der Waals surface area contributed by atoms with Gasteiger partial charge in [-0.2, -0.15) is 0 Å². The summed E-state index contributed by atoms with van der Waals surface area (Å²) in [7, 11) is 0. The van der Waals surface area contributed by atoms with E-state index in [4.69, 9.17) is 0 Å². The second-order valence-electron chi connectivity index (χ2n) is 6.67. The van der Waals surface area contributed by atoms with Gasteiger partial charge in [0.25, 0.3) is 0 Å². The molecule has 2 aliphatic heterocycles. The zero-order valence-corrected chi connectivity index (χ0v) is 12.2. The van der Waals surface area contributed by atoms with Crippen LogP contribution in [-0.4, -0.2) is 48.1 Å². The van der Waals surface area contributed by atoms with E-state index >= 15 is 0 Å². The molecule has 0 amide bonds. The van der Waals surface area contributed by atoms with Crippen LogP contribution in [0, 0.1) is 11.8 Å². The van der Waals surface area contributed by atoms with Gasteiger partial charge >= 0.3 is 0 Å².